The van der Waals surface area contributed by atoms with Gasteiger partial charge in [0.1, 0.15) is 0 Å². The molecule has 0 aliphatic carbocycles. The Labute approximate surface area is 128 Å². The van der Waals surface area contributed by atoms with Crippen LogP contribution in [0, 0.1) is 11.3 Å². The minimum absolute atomic E-state index is 0.280. The van der Waals surface area contributed by atoms with E-state index in [1.54, 1.807) is 18.2 Å². The number of carboxylic acid groups (broad SMARTS) is 2. The first-order chi connectivity index (χ1) is 10.6. The maximum absolute atomic E-state index is 10.6. The molecule has 5 nitrogen and oxygen atoms in total. The predicted octanol–water partition coefficient (Wildman–Crippen LogP) is 2.69. The van der Waals surface area contributed by atoms with E-state index in [1.165, 1.54) is 12.1 Å². The van der Waals surface area contributed by atoms with Gasteiger partial charge in [-0.1, -0.05) is 60.7 Å². The van der Waals surface area contributed by atoms with Gasteiger partial charge in [0.05, 0.1) is 12.5 Å². The molecular formula is C17H15NO4. The summed E-state index contributed by atoms with van der Waals surface area (Å²) in [5.41, 5.74) is 1.36. The zero-order valence-electron chi connectivity index (χ0n) is 11.7. The molecule has 0 heterocycles. The summed E-state index contributed by atoms with van der Waals surface area (Å²) in [5.74, 6) is -4.17. The Hall–Kier alpha value is -3.13. The van der Waals surface area contributed by atoms with Crippen molar-refractivity contribution < 1.29 is 19.8 Å². The molecule has 0 unspecified atom stereocenters. The van der Waals surface area contributed by atoms with Crippen LogP contribution in [0.4, 0.5) is 0 Å². The van der Waals surface area contributed by atoms with Gasteiger partial charge >= 0.3 is 11.9 Å². The minimum atomic E-state index is -1.47. The number of rotatable bonds is 4. The third-order valence-electron chi connectivity index (χ3n) is 2.75. The van der Waals surface area contributed by atoms with Gasteiger partial charge in [-0.15, -0.1) is 0 Å². The summed E-state index contributed by atoms with van der Waals surface area (Å²) in [4.78, 5) is 21.1. The summed E-state index contributed by atoms with van der Waals surface area (Å²) in [6.07, 6.45) is 0.515. The Bertz CT molecular complexity index is 633. The molecule has 0 saturated heterocycles. The van der Waals surface area contributed by atoms with Crippen molar-refractivity contribution in [3.8, 4) is 6.07 Å². The van der Waals surface area contributed by atoms with Gasteiger partial charge in [0.25, 0.3) is 0 Å². The molecule has 2 rings (SSSR count). The first-order valence-electron chi connectivity index (χ1n) is 6.47. The molecule has 0 aliphatic rings. The second kappa shape index (κ2) is 8.93. The molecule has 0 radical (unpaired) electrons. The van der Waals surface area contributed by atoms with Crippen LogP contribution >= 0.6 is 0 Å². The SMILES string of the molecule is N#CCc1ccccc1.O=C(O)C(C(=O)O)c1ccccc1. The Balaban J connectivity index is 0.000000235. The summed E-state index contributed by atoms with van der Waals surface area (Å²) in [6.45, 7) is 0. The molecule has 0 aromatic heterocycles. The maximum atomic E-state index is 10.6. The molecule has 2 aromatic rings. The monoisotopic (exact) mass is 297 g/mol. The third kappa shape index (κ3) is 5.47. The van der Waals surface area contributed by atoms with Crippen LogP contribution in [0.5, 0.6) is 0 Å². The average molecular weight is 297 g/mol. The molecule has 2 aromatic carbocycles. The molecule has 5 heteroatoms. The lowest BCUT2D eigenvalue weighted by atomic mass is 10.00. The van der Waals surface area contributed by atoms with Crippen molar-refractivity contribution in [1.82, 2.24) is 0 Å². The van der Waals surface area contributed by atoms with Crippen molar-refractivity contribution >= 4 is 11.9 Å². The Morgan fingerprint density at radius 3 is 1.77 bits per heavy atom. The second-order valence-electron chi connectivity index (χ2n) is 4.34. The Morgan fingerprint density at radius 2 is 1.36 bits per heavy atom. The highest BCUT2D eigenvalue weighted by Crippen LogP contribution is 2.15. The van der Waals surface area contributed by atoms with Crippen molar-refractivity contribution in [3.63, 3.8) is 0 Å². The van der Waals surface area contributed by atoms with Crippen LogP contribution in [0.3, 0.4) is 0 Å². The third-order valence-corrected chi connectivity index (χ3v) is 2.75. The molecule has 0 fully saturated rings. The summed E-state index contributed by atoms with van der Waals surface area (Å²) in [7, 11) is 0. The number of nitrogens with zero attached hydrogens (tertiary/aromatic N) is 1. The molecule has 0 spiro atoms. The van der Waals surface area contributed by atoms with E-state index >= 15 is 0 Å². The van der Waals surface area contributed by atoms with Crippen LogP contribution in [-0.2, 0) is 16.0 Å². The molecule has 0 amide bonds. The number of aliphatic carboxylic acids is 2. The van der Waals surface area contributed by atoms with Crippen molar-refractivity contribution in [1.29, 1.82) is 5.26 Å². The zero-order chi connectivity index (χ0) is 16.4. The molecule has 112 valence electrons. The molecule has 0 bridgehead atoms. The molecular weight excluding hydrogens is 282 g/mol. The van der Waals surface area contributed by atoms with Crippen LogP contribution in [0.15, 0.2) is 60.7 Å². The van der Waals surface area contributed by atoms with Crippen LogP contribution < -0.4 is 0 Å². The lowest BCUT2D eigenvalue weighted by Crippen LogP contribution is -2.20. The van der Waals surface area contributed by atoms with Gasteiger partial charge < -0.3 is 10.2 Å². The summed E-state index contributed by atoms with van der Waals surface area (Å²) < 4.78 is 0. The van der Waals surface area contributed by atoms with E-state index in [2.05, 4.69) is 6.07 Å². The molecule has 2 N–H and O–H groups in total. The maximum Gasteiger partial charge on any atom is 0.322 e. The quantitative estimate of drug-likeness (QED) is 0.845. The summed E-state index contributed by atoms with van der Waals surface area (Å²) in [5, 5.41) is 25.5. The molecule has 0 aliphatic heterocycles. The highest BCUT2D eigenvalue weighted by molar-refractivity contribution is 5.98. The van der Waals surface area contributed by atoms with Crippen LogP contribution in [0.2, 0.25) is 0 Å². The van der Waals surface area contributed by atoms with Crippen LogP contribution in [-0.4, -0.2) is 22.2 Å². The fourth-order valence-corrected chi connectivity index (χ4v) is 1.72. The van der Waals surface area contributed by atoms with Crippen molar-refractivity contribution in [2.24, 2.45) is 0 Å². The number of hydrogen-bond donors (Lipinski definition) is 2. The highest BCUT2D eigenvalue weighted by Gasteiger charge is 2.27. The first kappa shape index (κ1) is 16.9. The largest absolute Gasteiger partial charge is 0.480 e. The first-order valence-corrected chi connectivity index (χ1v) is 6.47. The molecule has 22 heavy (non-hydrogen) atoms. The van der Waals surface area contributed by atoms with Gasteiger partial charge in [0.15, 0.2) is 5.92 Å². The normalized spacial score (nSPS) is 9.27. The van der Waals surface area contributed by atoms with E-state index in [-0.39, 0.29) is 5.56 Å². The van der Waals surface area contributed by atoms with Crippen molar-refractivity contribution in [2.75, 3.05) is 0 Å². The number of benzene rings is 2. The summed E-state index contributed by atoms with van der Waals surface area (Å²) in [6, 6.07) is 19.7. The molecule has 0 saturated carbocycles. The number of carboxylic acids is 2. The smallest absolute Gasteiger partial charge is 0.322 e. The highest BCUT2D eigenvalue weighted by atomic mass is 16.4. The number of hydrogen-bond acceptors (Lipinski definition) is 3. The second-order valence-corrected chi connectivity index (χ2v) is 4.34. The lowest BCUT2D eigenvalue weighted by Gasteiger charge is -2.06. The van der Waals surface area contributed by atoms with Gasteiger partial charge in [0, 0.05) is 0 Å². The molecule has 0 atom stereocenters. The predicted molar refractivity (Wildman–Crippen MR) is 80.2 cm³/mol. The van der Waals surface area contributed by atoms with Gasteiger partial charge in [-0.3, -0.25) is 9.59 Å². The van der Waals surface area contributed by atoms with Crippen molar-refractivity contribution in [2.45, 2.75) is 12.3 Å². The standard InChI is InChI=1S/C9H8O4.C8H7N/c10-8(11)7(9(12)13)6-4-2-1-3-5-6;9-7-6-8-4-2-1-3-5-8/h1-5,7H,(H,10,11)(H,12,13);1-5H,6H2. The van der Waals surface area contributed by atoms with Gasteiger partial charge in [-0.05, 0) is 11.1 Å². The van der Waals surface area contributed by atoms with Crippen molar-refractivity contribution in [3.05, 3.63) is 71.8 Å². The van der Waals surface area contributed by atoms with Gasteiger partial charge in [0.2, 0.25) is 0 Å². The van der Waals surface area contributed by atoms with Gasteiger partial charge in [-0.2, -0.15) is 5.26 Å². The number of nitriles is 1. The van der Waals surface area contributed by atoms with Gasteiger partial charge in [-0.25, -0.2) is 0 Å². The topological polar surface area (TPSA) is 98.4 Å². The Kier molecular flexibility index (Phi) is 6.87. The van der Waals surface area contributed by atoms with E-state index in [4.69, 9.17) is 15.5 Å². The minimum Gasteiger partial charge on any atom is -0.480 e. The number of carbonyl (C=O) groups is 2. The van der Waals surface area contributed by atoms with Crippen LogP contribution in [0.1, 0.15) is 17.0 Å². The van der Waals surface area contributed by atoms with E-state index in [0.717, 1.165) is 5.56 Å². The Morgan fingerprint density at radius 1 is 0.909 bits per heavy atom. The average Bonchev–Trinajstić information content (AvgIpc) is 2.50. The van der Waals surface area contributed by atoms with E-state index in [9.17, 15) is 9.59 Å². The summed E-state index contributed by atoms with van der Waals surface area (Å²) >= 11 is 0. The van der Waals surface area contributed by atoms with E-state index in [0.29, 0.717) is 6.42 Å². The fourth-order valence-electron chi connectivity index (χ4n) is 1.72. The zero-order valence-corrected chi connectivity index (χ0v) is 11.7. The fraction of sp³-hybridized carbons (Fsp3) is 0.118. The van der Waals surface area contributed by atoms with Crippen LogP contribution in [0.25, 0.3) is 0 Å². The van der Waals surface area contributed by atoms with E-state index < -0.39 is 17.9 Å². The lowest BCUT2D eigenvalue weighted by molar-refractivity contribution is -0.150. The van der Waals surface area contributed by atoms with E-state index in [1.807, 2.05) is 30.3 Å².